The van der Waals surface area contributed by atoms with Crippen LogP contribution in [-0.4, -0.2) is 31.1 Å². The van der Waals surface area contributed by atoms with Gasteiger partial charge in [-0.05, 0) is 48.6 Å². The first-order chi connectivity index (χ1) is 9.08. The van der Waals surface area contributed by atoms with Gasteiger partial charge in [-0.15, -0.1) is 0 Å². The Labute approximate surface area is 126 Å². The molecule has 1 aromatic carbocycles. The monoisotopic (exact) mass is 376 g/mol. The fourth-order valence-electron chi connectivity index (χ4n) is 1.52. The van der Waals surface area contributed by atoms with E-state index >= 15 is 0 Å². The molecule has 0 N–H and O–H groups in total. The summed E-state index contributed by atoms with van der Waals surface area (Å²) in [7, 11) is 0. The maximum Gasteiger partial charge on any atom is 0.218 e. The van der Waals surface area contributed by atoms with E-state index in [4.69, 9.17) is 9.47 Å². The average Bonchev–Trinajstić information content (AvgIpc) is 2.39. The number of carbonyl (C=O) groups excluding carboxylic acids is 2. The topological polar surface area (TPSA) is 52.6 Å². The molecule has 0 heterocycles. The van der Waals surface area contributed by atoms with Crippen molar-refractivity contribution in [2.24, 2.45) is 0 Å². The highest BCUT2D eigenvalue weighted by Crippen LogP contribution is 2.10. The fourth-order valence-corrected chi connectivity index (χ4v) is 1.88. The zero-order valence-corrected chi connectivity index (χ0v) is 13.2. The van der Waals surface area contributed by atoms with Gasteiger partial charge in [0.15, 0.2) is 11.6 Å². The number of ketones is 2. The molecule has 0 aromatic heterocycles. The lowest BCUT2D eigenvalue weighted by Gasteiger charge is -2.15. The van der Waals surface area contributed by atoms with Crippen molar-refractivity contribution in [3.05, 3.63) is 33.4 Å². The molecule has 0 spiro atoms. The van der Waals surface area contributed by atoms with Gasteiger partial charge >= 0.3 is 0 Å². The van der Waals surface area contributed by atoms with Crippen molar-refractivity contribution in [3.63, 3.8) is 0 Å². The summed E-state index contributed by atoms with van der Waals surface area (Å²) in [5.41, 5.74) is 0.528. The molecular formula is C14H17IO4. The lowest BCUT2D eigenvalue weighted by atomic mass is 10.1. The molecule has 0 atom stereocenters. The normalized spacial score (nSPS) is 10.7. The quantitative estimate of drug-likeness (QED) is 0.303. The Morgan fingerprint density at radius 3 is 2.11 bits per heavy atom. The van der Waals surface area contributed by atoms with Crippen LogP contribution in [0.15, 0.2) is 24.3 Å². The molecule has 0 saturated heterocycles. The molecule has 4 nitrogen and oxygen atoms in total. The summed E-state index contributed by atoms with van der Waals surface area (Å²) in [6.45, 7) is 4.29. The van der Waals surface area contributed by atoms with Gasteiger partial charge in [-0.2, -0.15) is 0 Å². The van der Waals surface area contributed by atoms with Crippen LogP contribution in [0.25, 0.3) is 0 Å². The summed E-state index contributed by atoms with van der Waals surface area (Å²) in [5, 5.41) is 0. The number of Topliss-reactive ketones (excluding diaryl/α,β-unsaturated/α-hetero) is 2. The van der Waals surface area contributed by atoms with Gasteiger partial charge in [0.1, 0.15) is 0 Å². The van der Waals surface area contributed by atoms with E-state index in [0.717, 1.165) is 3.57 Å². The lowest BCUT2D eigenvalue weighted by Crippen LogP contribution is -2.29. The minimum atomic E-state index is -0.942. The number of rotatable bonds is 8. The molecule has 0 aliphatic carbocycles. The first kappa shape index (κ1) is 16.3. The summed E-state index contributed by atoms with van der Waals surface area (Å²) in [6.07, 6.45) is -1.14. The van der Waals surface area contributed by atoms with Crippen LogP contribution in [0.3, 0.4) is 0 Å². The first-order valence-electron chi connectivity index (χ1n) is 6.13. The molecular weight excluding hydrogens is 359 g/mol. The standard InChI is InChI=1S/C14H17IO4/c1-3-18-14(19-4-2)13(17)9-12(16)10-5-7-11(15)8-6-10/h5-8,14H,3-4,9H2,1-2H3. The summed E-state index contributed by atoms with van der Waals surface area (Å²) in [6, 6.07) is 7.10. The third-order valence-corrected chi connectivity index (χ3v) is 3.12. The van der Waals surface area contributed by atoms with Gasteiger partial charge in [0.2, 0.25) is 6.29 Å². The van der Waals surface area contributed by atoms with Gasteiger partial charge in [-0.25, -0.2) is 0 Å². The largest absolute Gasteiger partial charge is 0.346 e. The van der Waals surface area contributed by atoms with Crippen LogP contribution < -0.4 is 0 Å². The minimum Gasteiger partial charge on any atom is -0.346 e. The van der Waals surface area contributed by atoms with Crippen molar-refractivity contribution in [2.45, 2.75) is 26.6 Å². The summed E-state index contributed by atoms with van der Waals surface area (Å²) >= 11 is 2.16. The second-order valence-electron chi connectivity index (χ2n) is 3.82. The Hall–Kier alpha value is -0.790. The maximum atomic E-state index is 11.9. The lowest BCUT2D eigenvalue weighted by molar-refractivity contribution is -0.166. The highest BCUT2D eigenvalue weighted by Gasteiger charge is 2.22. The third kappa shape index (κ3) is 5.38. The van der Waals surface area contributed by atoms with Gasteiger partial charge < -0.3 is 9.47 Å². The Balaban J connectivity index is 2.64. The Bertz CT molecular complexity index is 422. The molecule has 0 aliphatic heterocycles. The van der Waals surface area contributed by atoms with Crippen LogP contribution in [0.5, 0.6) is 0 Å². The second kappa shape index (κ2) is 8.39. The number of halogens is 1. The minimum absolute atomic E-state index is 0.203. The molecule has 1 aromatic rings. The van der Waals surface area contributed by atoms with Crippen LogP contribution in [0, 0.1) is 3.57 Å². The Morgan fingerprint density at radius 2 is 1.63 bits per heavy atom. The molecule has 0 amide bonds. The maximum absolute atomic E-state index is 11.9. The van der Waals surface area contributed by atoms with Gasteiger partial charge in [-0.1, -0.05) is 12.1 Å². The zero-order chi connectivity index (χ0) is 14.3. The molecule has 0 unspecified atom stereocenters. The molecule has 0 bridgehead atoms. The number of carbonyl (C=O) groups is 2. The highest BCUT2D eigenvalue weighted by molar-refractivity contribution is 14.1. The van der Waals surface area contributed by atoms with E-state index < -0.39 is 6.29 Å². The van der Waals surface area contributed by atoms with Crippen molar-refractivity contribution >= 4 is 34.2 Å². The molecule has 0 radical (unpaired) electrons. The van der Waals surface area contributed by atoms with E-state index in [1.54, 1.807) is 26.0 Å². The van der Waals surface area contributed by atoms with Crippen LogP contribution in [0.4, 0.5) is 0 Å². The third-order valence-electron chi connectivity index (χ3n) is 2.40. The molecule has 0 aliphatic rings. The van der Waals surface area contributed by atoms with Crippen molar-refractivity contribution in [3.8, 4) is 0 Å². The van der Waals surface area contributed by atoms with Crippen LogP contribution >= 0.6 is 22.6 Å². The molecule has 5 heteroatoms. The molecule has 104 valence electrons. The number of hydrogen-bond donors (Lipinski definition) is 0. The smallest absolute Gasteiger partial charge is 0.218 e. The summed E-state index contributed by atoms with van der Waals surface area (Å²) in [5.74, 6) is -0.557. The van der Waals surface area contributed by atoms with Crippen LogP contribution in [0.1, 0.15) is 30.6 Å². The number of benzene rings is 1. The summed E-state index contributed by atoms with van der Waals surface area (Å²) in [4.78, 5) is 23.8. The van der Waals surface area contributed by atoms with Crippen molar-refractivity contribution in [1.29, 1.82) is 0 Å². The second-order valence-corrected chi connectivity index (χ2v) is 5.06. The van der Waals surface area contributed by atoms with E-state index in [0.29, 0.717) is 18.8 Å². The zero-order valence-electron chi connectivity index (χ0n) is 11.0. The number of ether oxygens (including phenoxy) is 2. The SMILES string of the molecule is CCOC(OCC)C(=O)CC(=O)c1ccc(I)cc1. The summed E-state index contributed by atoms with van der Waals surface area (Å²) < 4.78 is 11.4. The van der Waals surface area contributed by atoms with Crippen LogP contribution in [0.2, 0.25) is 0 Å². The van der Waals surface area contributed by atoms with Crippen molar-refractivity contribution in [1.82, 2.24) is 0 Å². The van der Waals surface area contributed by atoms with Crippen molar-refractivity contribution in [2.75, 3.05) is 13.2 Å². The molecule has 19 heavy (non-hydrogen) atoms. The van der Waals surface area contributed by atoms with Gasteiger partial charge in [0.25, 0.3) is 0 Å². The van der Waals surface area contributed by atoms with Gasteiger partial charge in [0.05, 0.1) is 6.42 Å². The van der Waals surface area contributed by atoms with Crippen LogP contribution in [-0.2, 0) is 14.3 Å². The Morgan fingerprint density at radius 1 is 1.11 bits per heavy atom. The van der Waals surface area contributed by atoms with Gasteiger partial charge in [0, 0.05) is 22.3 Å². The number of hydrogen-bond acceptors (Lipinski definition) is 4. The average molecular weight is 376 g/mol. The van der Waals surface area contributed by atoms with E-state index in [9.17, 15) is 9.59 Å². The fraction of sp³-hybridized carbons (Fsp3) is 0.429. The van der Waals surface area contributed by atoms with E-state index in [-0.39, 0.29) is 18.0 Å². The predicted octanol–water partition coefficient (Wildman–Crippen LogP) is 2.83. The van der Waals surface area contributed by atoms with Crippen molar-refractivity contribution < 1.29 is 19.1 Å². The van der Waals surface area contributed by atoms with Gasteiger partial charge in [-0.3, -0.25) is 9.59 Å². The first-order valence-corrected chi connectivity index (χ1v) is 7.21. The van der Waals surface area contributed by atoms with E-state index in [1.807, 2.05) is 12.1 Å². The molecule has 1 rings (SSSR count). The predicted molar refractivity (Wildman–Crippen MR) is 80.2 cm³/mol. The van der Waals surface area contributed by atoms with E-state index in [1.165, 1.54) is 0 Å². The molecule has 0 fully saturated rings. The Kier molecular flexibility index (Phi) is 7.19. The molecule has 0 saturated carbocycles. The van der Waals surface area contributed by atoms with E-state index in [2.05, 4.69) is 22.6 Å². The highest BCUT2D eigenvalue weighted by atomic mass is 127.